The molecule has 2 aromatic rings. The largest absolute Gasteiger partial charge is 0.477 e. The lowest BCUT2D eigenvalue weighted by molar-refractivity contribution is 0.0684. The van der Waals surface area contributed by atoms with E-state index < -0.39 is 5.97 Å². The highest BCUT2D eigenvalue weighted by molar-refractivity contribution is 5.98. The smallest absolute Gasteiger partial charge is 0.352 e. The first-order valence-corrected chi connectivity index (χ1v) is 6.39. The van der Waals surface area contributed by atoms with Crippen molar-refractivity contribution in [1.82, 2.24) is 4.57 Å². The Hall–Kier alpha value is -1.77. The second kappa shape index (κ2) is 4.84. The third kappa shape index (κ3) is 2.01. The summed E-state index contributed by atoms with van der Waals surface area (Å²) >= 11 is 0. The Morgan fingerprint density at radius 2 is 2.06 bits per heavy atom. The van der Waals surface area contributed by atoms with Crippen LogP contribution in [0.2, 0.25) is 0 Å². The van der Waals surface area contributed by atoms with Gasteiger partial charge in [0.25, 0.3) is 0 Å². The average molecular weight is 245 g/mol. The molecule has 1 N–H and O–H groups in total. The van der Waals surface area contributed by atoms with Gasteiger partial charge in [0.05, 0.1) is 0 Å². The monoisotopic (exact) mass is 245 g/mol. The molecule has 0 spiro atoms. The number of carboxylic acids is 1. The minimum Gasteiger partial charge on any atom is -0.477 e. The maximum absolute atomic E-state index is 11.4. The normalized spacial score (nSPS) is 11.1. The topological polar surface area (TPSA) is 42.2 Å². The highest BCUT2D eigenvalue weighted by atomic mass is 16.4. The molecule has 0 amide bonds. The van der Waals surface area contributed by atoms with Crippen molar-refractivity contribution in [2.24, 2.45) is 0 Å². The number of carboxylic acid groups (broad SMARTS) is 1. The molecule has 1 aromatic heterocycles. The van der Waals surface area contributed by atoms with Crippen LogP contribution in [0, 0.1) is 13.8 Å². The maximum Gasteiger partial charge on any atom is 0.352 e. The Morgan fingerprint density at radius 3 is 2.67 bits per heavy atom. The molecule has 0 radical (unpaired) electrons. The van der Waals surface area contributed by atoms with Gasteiger partial charge < -0.3 is 9.67 Å². The van der Waals surface area contributed by atoms with Gasteiger partial charge in [-0.2, -0.15) is 0 Å². The number of unbranched alkanes of at least 4 members (excludes halogenated alkanes) is 1. The molecule has 0 saturated carbocycles. The number of carbonyl (C=O) groups is 1. The molecular weight excluding hydrogens is 226 g/mol. The van der Waals surface area contributed by atoms with Crippen molar-refractivity contribution in [1.29, 1.82) is 0 Å². The average Bonchev–Trinajstić information content (AvgIpc) is 2.59. The van der Waals surface area contributed by atoms with E-state index in [-0.39, 0.29) is 0 Å². The third-order valence-electron chi connectivity index (χ3n) is 3.41. The molecule has 1 heterocycles. The van der Waals surface area contributed by atoms with Crippen molar-refractivity contribution in [3.05, 3.63) is 35.0 Å². The van der Waals surface area contributed by atoms with E-state index in [1.54, 1.807) is 0 Å². The third-order valence-corrected chi connectivity index (χ3v) is 3.41. The second-order valence-electron chi connectivity index (χ2n) is 4.80. The fraction of sp³-hybridized carbons (Fsp3) is 0.400. The van der Waals surface area contributed by atoms with Crippen LogP contribution in [0.15, 0.2) is 18.2 Å². The van der Waals surface area contributed by atoms with Gasteiger partial charge in [0, 0.05) is 17.4 Å². The lowest BCUT2D eigenvalue weighted by Crippen LogP contribution is -2.09. The number of hydrogen-bond acceptors (Lipinski definition) is 1. The SMILES string of the molecule is CCCCn1c(C(=O)O)c(C)c2cc(C)ccc21. The molecule has 18 heavy (non-hydrogen) atoms. The number of aromatic nitrogens is 1. The predicted octanol–water partition coefficient (Wildman–Crippen LogP) is 3.76. The number of aromatic carboxylic acids is 1. The van der Waals surface area contributed by atoms with Crippen LogP contribution in [0.4, 0.5) is 0 Å². The van der Waals surface area contributed by atoms with Crippen LogP contribution in [0.3, 0.4) is 0 Å². The van der Waals surface area contributed by atoms with E-state index in [1.807, 2.05) is 30.5 Å². The van der Waals surface area contributed by atoms with Gasteiger partial charge in [0.2, 0.25) is 0 Å². The van der Waals surface area contributed by atoms with Gasteiger partial charge in [0.15, 0.2) is 0 Å². The molecule has 96 valence electrons. The molecule has 0 aliphatic heterocycles. The Labute approximate surface area is 107 Å². The fourth-order valence-electron chi connectivity index (χ4n) is 2.46. The Bertz CT molecular complexity index is 596. The van der Waals surface area contributed by atoms with Crippen molar-refractivity contribution in [3.63, 3.8) is 0 Å². The summed E-state index contributed by atoms with van der Waals surface area (Å²) in [4.78, 5) is 11.4. The minimum atomic E-state index is -0.836. The van der Waals surface area contributed by atoms with E-state index in [1.165, 1.54) is 0 Å². The predicted molar refractivity (Wildman–Crippen MR) is 73.3 cm³/mol. The van der Waals surface area contributed by atoms with E-state index in [0.29, 0.717) is 5.69 Å². The van der Waals surface area contributed by atoms with Crippen LogP contribution in [0.5, 0.6) is 0 Å². The number of benzene rings is 1. The van der Waals surface area contributed by atoms with Crippen molar-refractivity contribution in [2.45, 2.75) is 40.2 Å². The van der Waals surface area contributed by atoms with E-state index in [9.17, 15) is 9.90 Å². The number of rotatable bonds is 4. The van der Waals surface area contributed by atoms with Gasteiger partial charge >= 0.3 is 5.97 Å². The molecule has 3 heteroatoms. The summed E-state index contributed by atoms with van der Waals surface area (Å²) in [5, 5.41) is 10.5. The molecule has 0 fully saturated rings. The zero-order valence-electron chi connectivity index (χ0n) is 11.2. The molecule has 2 rings (SSSR count). The van der Waals surface area contributed by atoms with Crippen LogP contribution in [-0.2, 0) is 6.54 Å². The number of fused-ring (bicyclic) bond motifs is 1. The lowest BCUT2D eigenvalue weighted by atomic mass is 10.1. The summed E-state index contributed by atoms with van der Waals surface area (Å²) in [7, 11) is 0. The summed E-state index contributed by atoms with van der Waals surface area (Å²) in [6.07, 6.45) is 2.06. The molecule has 3 nitrogen and oxygen atoms in total. The Kier molecular flexibility index (Phi) is 3.41. The highest BCUT2D eigenvalue weighted by Gasteiger charge is 2.18. The van der Waals surface area contributed by atoms with Gasteiger partial charge in [-0.05, 0) is 38.0 Å². The number of aryl methyl sites for hydroxylation is 3. The number of nitrogens with zero attached hydrogens (tertiary/aromatic N) is 1. The first-order valence-electron chi connectivity index (χ1n) is 6.39. The molecule has 0 bridgehead atoms. The van der Waals surface area contributed by atoms with Crippen LogP contribution < -0.4 is 0 Å². The summed E-state index contributed by atoms with van der Waals surface area (Å²) in [6.45, 7) is 6.81. The van der Waals surface area contributed by atoms with E-state index in [2.05, 4.69) is 13.0 Å². The van der Waals surface area contributed by atoms with E-state index in [4.69, 9.17) is 0 Å². The van der Waals surface area contributed by atoms with Crippen LogP contribution in [0.25, 0.3) is 10.9 Å². The van der Waals surface area contributed by atoms with E-state index >= 15 is 0 Å². The van der Waals surface area contributed by atoms with Crippen LogP contribution in [0.1, 0.15) is 41.4 Å². The van der Waals surface area contributed by atoms with Crippen molar-refractivity contribution >= 4 is 16.9 Å². The fourth-order valence-corrected chi connectivity index (χ4v) is 2.46. The quantitative estimate of drug-likeness (QED) is 0.891. The molecular formula is C15H19NO2. The van der Waals surface area contributed by atoms with Gasteiger partial charge in [-0.3, -0.25) is 0 Å². The number of hydrogen-bond donors (Lipinski definition) is 1. The molecule has 0 saturated heterocycles. The molecule has 0 aliphatic carbocycles. The molecule has 0 aliphatic rings. The van der Waals surface area contributed by atoms with Gasteiger partial charge in [-0.25, -0.2) is 4.79 Å². The summed E-state index contributed by atoms with van der Waals surface area (Å²) in [6, 6.07) is 6.13. The zero-order chi connectivity index (χ0) is 13.3. The first-order chi connectivity index (χ1) is 8.56. The molecule has 0 atom stereocenters. The van der Waals surface area contributed by atoms with Crippen LogP contribution >= 0.6 is 0 Å². The minimum absolute atomic E-state index is 0.434. The first kappa shape index (κ1) is 12.7. The summed E-state index contributed by atoms with van der Waals surface area (Å²) in [5.41, 5.74) is 3.50. The summed E-state index contributed by atoms with van der Waals surface area (Å²) < 4.78 is 1.94. The zero-order valence-corrected chi connectivity index (χ0v) is 11.2. The van der Waals surface area contributed by atoms with Gasteiger partial charge in [-0.15, -0.1) is 0 Å². The maximum atomic E-state index is 11.4. The Morgan fingerprint density at radius 1 is 1.33 bits per heavy atom. The van der Waals surface area contributed by atoms with Crippen molar-refractivity contribution in [3.8, 4) is 0 Å². The van der Waals surface area contributed by atoms with Crippen molar-refractivity contribution in [2.75, 3.05) is 0 Å². The van der Waals surface area contributed by atoms with Gasteiger partial charge in [-0.1, -0.05) is 25.0 Å². The highest BCUT2D eigenvalue weighted by Crippen LogP contribution is 2.27. The van der Waals surface area contributed by atoms with Gasteiger partial charge in [0.1, 0.15) is 5.69 Å². The van der Waals surface area contributed by atoms with Crippen molar-refractivity contribution < 1.29 is 9.90 Å². The summed E-state index contributed by atoms with van der Waals surface area (Å²) in [5.74, 6) is -0.836. The molecule has 0 unspecified atom stereocenters. The lowest BCUT2D eigenvalue weighted by Gasteiger charge is -2.07. The second-order valence-corrected chi connectivity index (χ2v) is 4.80. The standard InChI is InChI=1S/C15H19NO2/c1-4-5-8-16-13-7-6-10(2)9-12(13)11(3)14(16)15(17)18/h6-7,9H,4-5,8H2,1-3H3,(H,17,18). The molecule has 1 aromatic carbocycles. The van der Waals surface area contributed by atoms with E-state index in [0.717, 1.165) is 41.4 Å². The Balaban J connectivity index is 2.70. The van der Waals surface area contributed by atoms with Crippen LogP contribution in [-0.4, -0.2) is 15.6 Å².